The molecule has 2 rings (SSSR count). The number of amides is 1. The Morgan fingerprint density at radius 2 is 1.89 bits per heavy atom. The average Bonchev–Trinajstić information content (AvgIpc) is 2.84. The van der Waals surface area contributed by atoms with Gasteiger partial charge < -0.3 is 11.1 Å². The molecule has 1 aliphatic heterocycles. The Morgan fingerprint density at radius 1 is 1.28 bits per heavy atom. The van der Waals surface area contributed by atoms with Gasteiger partial charge in [0.25, 0.3) is 0 Å². The fourth-order valence-corrected chi connectivity index (χ4v) is 3.44. The van der Waals surface area contributed by atoms with Gasteiger partial charge in [-0.05, 0) is 38.5 Å². The zero-order chi connectivity index (χ0) is 13.0. The lowest BCUT2D eigenvalue weighted by Crippen LogP contribution is -2.48. The smallest absolute Gasteiger partial charge is 0.231 e. The molecule has 1 heterocycles. The quantitative estimate of drug-likeness (QED) is 0.771. The van der Waals surface area contributed by atoms with Crippen LogP contribution in [-0.4, -0.2) is 42.5 Å². The van der Waals surface area contributed by atoms with Crippen LogP contribution in [0, 0.1) is 5.92 Å². The Hall–Kier alpha value is -0.610. The van der Waals surface area contributed by atoms with Crippen LogP contribution in [0.2, 0.25) is 0 Å². The van der Waals surface area contributed by atoms with Crippen LogP contribution in [-0.2, 0) is 4.79 Å². The number of nitrogens with two attached hydrogens (primary N) is 1. The predicted molar refractivity (Wildman–Crippen MR) is 73.2 cm³/mol. The molecule has 18 heavy (non-hydrogen) atoms. The molecule has 3 N–H and O–H groups in total. The highest BCUT2D eigenvalue weighted by Crippen LogP contribution is 2.28. The molecule has 4 nitrogen and oxygen atoms in total. The molecule has 0 aromatic heterocycles. The summed E-state index contributed by atoms with van der Waals surface area (Å²) in [6, 6.07) is 1.28. The monoisotopic (exact) mass is 253 g/mol. The molecule has 1 unspecified atom stereocenters. The van der Waals surface area contributed by atoms with E-state index in [1.54, 1.807) is 0 Å². The number of nitrogens with one attached hydrogen (secondary N) is 1. The highest BCUT2D eigenvalue weighted by Gasteiger charge is 2.26. The van der Waals surface area contributed by atoms with Crippen LogP contribution in [0.4, 0.5) is 0 Å². The number of piperidine rings is 1. The molecular weight excluding hydrogens is 226 g/mol. The number of carbonyl (C=O) groups excluding carboxylic acids is 1. The Balaban J connectivity index is 1.68. The van der Waals surface area contributed by atoms with Crippen LogP contribution in [0.25, 0.3) is 0 Å². The van der Waals surface area contributed by atoms with Gasteiger partial charge in [0.15, 0.2) is 0 Å². The maximum absolute atomic E-state index is 10.9. The van der Waals surface area contributed by atoms with Crippen molar-refractivity contribution in [2.75, 3.05) is 19.6 Å². The van der Waals surface area contributed by atoms with Crippen LogP contribution >= 0.6 is 0 Å². The first-order valence-corrected chi connectivity index (χ1v) is 7.42. The summed E-state index contributed by atoms with van der Waals surface area (Å²) < 4.78 is 0. The zero-order valence-corrected chi connectivity index (χ0v) is 11.5. The molecule has 1 atom stereocenters. The minimum Gasteiger partial charge on any atom is -0.369 e. The molecule has 0 radical (unpaired) electrons. The molecule has 0 aromatic carbocycles. The van der Waals surface area contributed by atoms with E-state index in [4.69, 9.17) is 5.73 Å². The average molecular weight is 253 g/mol. The lowest BCUT2D eigenvalue weighted by atomic mass is 9.96. The highest BCUT2D eigenvalue weighted by atomic mass is 16.1. The van der Waals surface area contributed by atoms with E-state index in [0.29, 0.717) is 18.6 Å². The summed E-state index contributed by atoms with van der Waals surface area (Å²) in [5, 5.41) is 3.79. The first-order chi connectivity index (χ1) is 8.65. The normalized spacial score (nSPS) is 25.4. The minimum absolute atomic E-state index is 0.208. The zero-order valence-electron chi connectivity index (χ0n) is 11.5. The van der Waals surface area contributed by atoms with Crippen molar-refractivity contribution in [3.05, 3.63) is 0 Å². The van der Waals surface area contributed by atoms with Gasteiger partial charge in [-0.15, -0.1) is 0 Å². The molecule has 104 valence electrons. The minimum atomic E-state index is -0.208. The van der Waals surface area contributed by atoms with Gasteiger partial charge in [0.05, 0.1) is 6.54 Å². The van der Waals surface area contributed by atoms with Gasteiger partial charge in [0.2, 0.25) is 5.91 Å². The van der Waals surface area contributed by atoms with Gasteiger partial charge >= 0.3 is 0 Å². The number of primary amides is 1. The highest BCUT2D eigenvalue weighted by molar-refractivity contribution is 5.75. The van der Waals surface area contributed by atoms with Gasteiger partial charge in [0, 0.05) is 25.2 Å². The number of nitrogens with zero attached hydrogens (tertiary/aromatic N) is 1. The second-order valence-corrected chi connectivity index (χ2v) is 6.02. The predicted octanol–water partition coefficient (Wildman–Crippen LogP) is 1.10. The van der Waals surface area contributed by atoms with E-state index in [1.807, 2.05) is 0 Å². The first-order valence-electron chi connectivity index (χ1n) is 7.42. The van der Waals surface area contributed by atoms with Crippen LogP contribution in [0.15, 0.2) is 0 Å². The van der Waals surface area contributed by atoms with E-state index in [9.17, 15) is 4.79 Å². The number of carbonyl (C=O) groups is 1. The number of rotatable bonds is 5. The van der Waals surface area contributed by atoms with Crippen molar-refractivity contribution in [2.24, 2.45) is 11.7 Å². The number of hydrogen-bond donors (Lipinski definition) is 2. The Labute approximate surface area is 110 Å². The SMILES string of the molecule is CC(NC1CCN(CC(N)=O)CC1)C1CCCC1. The molecule has 2 aliphatic rings. The van der Waals surface area contributed by atoms with Crippen molar-refractivity contribution in [1.29, 1.82) is 0 Å². The van der Waals surface area contributed by atoms with Crippen molar-refractivity contribution >= 4 is 5.91 Å². The molecule has 0 aromatic rings. The molecule has 4 heteroatoms. The van der Waals surface area contributed by atoms with Gasteiger partial charge in [0.1, 0.15) is 0 Å². The van der Waals surface area contributed by atoms with Crippen molar-refractivity contribution in [3.63, 3.8) is 0 Å². The van der Waals surface area contributed by atoms with Gasteiger partial charge in [-0.3, -0.25) is 9.69 Å². The van der Waals surface area contributed by atoms with Crippen LogP contribution in [0.5, 0.6) is 0 Å². The van der Waals surface area contributed by atoms with Crippen molar-refractivity contribution in [2.45, 2.75) is 57.5 Å². The molecule has 2 fully saturated rings. The Kier molecular flexibility index (Phi) is 5.01. The second-order valence-electron chi connectivity index (χ2n) is 6.02. The van der Waals surface area contributed by atoms with Crippen molar-refractivity contribution in [3.8, 4) is 0 Å². The summed E-state index contributed by atoms with van der Waals surface area (Å²) in [4.78, 5) is 13.0. The maximum atomic E-state index is 10.9. The fourth-order valence-electron chi connectivity index (χ4n) is 3.44. The first kappa shape index (κ1) is 13.8. The maximum Gasteiger partial charge on any atom is 0.231 e. The van der Waals surface area contributed by atoms with E-state index in [2.05, 4.69) is 17.1 Å². The third kappa shape index (κ3) is 3.95. The largest absolute Gasteiger partial charge is 0.369 e. The topological polar surface area (TPSA) is 58.4 Å². The van der Waals surface area contributed by atoms with E-state index in [-0.39, 0.29) is 5.91 Å². The molecular formula is C14H27N3O. The summed E-state index contributed by atoms with van der Waals surface area (Å²) >= 11 is 0. The second kappa shape index (κ2) is 6.53. The molecule has 1 amide bonds. The lowest BCUT2D eigenvalue weighted by molar-refractivity contribution is -0.119. The molecule has 0 bridgehead atoms. The summed E-state index contributed by atoms with van der Waals surface area (Å²) in [6.45, 7) is 4.76. The Bertz CT molecular complexity index is 268. The van der Waals surface area contributed by atoms with E-state index in [0.717, 1.165) is 31.8 Å². The third-order valence-corrected chi connectivity index (χ3v) is 4.57. The molecule has 1 aliphatic carbocycles. The van der Waals surface area contributed by atoms with E-state index in [1.165, 1.54) is 25.7 Å². The van der Waals surface area contributed by atoms with Crippen LogP contribution in [0.3, 0.4) is 0 Å². The summed E-state index contributed by atoms with van der Waals surface area (Å²) in [7, 11) is 0. The van der Waals surface area contributed by atoms with Crippen molar-refractivity contribution < 1.29 is 4.79 Å². The standard InChI is InChI=1S/C14H27N3O/c1-11(12-4-2-3-5-12)16-13-6-8-17(9-7-13)10-14(15)18/h11-13,16H,2-10H2,1H3,(H2,15,18). The van der Waals surface area contributed by atoms with Crippen molar-refractivity contribution in [1.82, 2.24) is 10.2 Å². The molecule has 0 spiro atoms. The van der Waals surface area contributed by atoms with E-state index < -0.39 is 0 Å². The molecule has 1 saturated heterocycles. The summed E-state index contributed by atoms with van der Waals surface area (Å²) in [6.07, 6.45) is 7.90. The third-order valence-electron chi connectivity index (χ3n) is 4.57. The van der Waals surface area contributed by atoms with Crippen LogP contribution in [0.1, 0.15) is 45.4 Å². The van der Waals surface area contributed by atoms with Gasteiger partial charge in [-0.2, -0.15) is 0 Å². The Morgan fingerprint density at radius 3 is 2.44 bits per heavy atom. The molecule has 1 saturated carbocycles. The lowest BCUT2D eigenvalue weighted by Gasteiger charge is -2.34. The number of likely N-dealkylation sites (tertiary alicyclic amines) is 1. The van der Waals surface area contributed by atoms with E-state index >= 15 is 0 Å². The van der Waals surface area contributed by atoms with Gasteiger partial charge in [-0.1, -0.05) is 12.8 Å². The van der Waals surface area contributed by atoms with Gasteiger partial charge in [-0.25, -0.2) is 0 Å². The summed E-state index contributed by atoms with van der Waals surface area (Å²) in [5.74, 6) is 0.675. The van der Waals surface area contributed by atoms with Crippen LogP contribution < -0.4 is 11.1 Å². The summed E-state index contributed by atoms with van der Waals surface area (Å²) in [5.41, 5.74) is 5.23. The number of hydrogen-bond acceptors (Lipinski definition) is 3. The fraction of sp³-hybridized carbons (Fsp3) is 0.929.